The highest BCUT2D eigenvalue weighted by atomic mass is 16.4. The van der Waals surface area contributed by atoms with Crippen molar-refractivity contribution < 1.29 is 49.2 Å². The number of amides is 3. The molecule has 5 unspecified atom stereocenters. The molecular formula is C19H28N6O10. The topological polar surface area (TPSA) is 274 Å². The number of imidazole rings is 1. The van der Waals surface area contributed by atoms with Gasteiger partial charge in [0.25, 0.3) is 0 Å². The van der Waals surface area contributed by atoms with Gasteiger partial charge in [0.1, 0.15) is 18.1 Å². The monoisotopic (exact) mass is 500 g/mol. The van der Waals surface area contributed by atoms with E-state index in [2.05, 4.69) is 25.9 Å². The molecule has 1 aromatic heterocycles. The first-order valence-corrected chi connectivity index (χ1v) is 10.3. The number of aromatic nitrogens is 2. The van der Waals surface area contributed by atoms with Crippen molar-refractivity contribution in [3.8, 4) is 0 Å². The summed E-state index contributed by atoms with van der Waals surface area (Å²) in [6.07, 6.45) is -0.767. The summed E-state index contributed by atoms with van der Waals surface area (Å²) in [5, 5.41) is 43.3. The van der Waals surface area contributed by atoms with Crippen LogP contribution >= 0.6 is 0 Å². The molecule has 1 rings (SSSR count). The Balaban J connectivity index is 3.03. The number of aromatic amines is 1. The van der Waals surface area contributed by atoms with Crippen LogP contribution in [0.5, 0.6) is 0 Å². The first-order chi connectivity index (χ1) is 16.3. The molecule has 194 valence electrons. The van der Waals surface area contributed by atoms with E-state index in [4.69, 9.17) is 15.9 Å². The Bertz CT molecular complexity index is 919. The van der Waals surface area contributed by atoms with Crippen LogP contribution in [0.25, 0.3) is 0 Å². The van der Waals surface area contributed by atoms with Gasteiger partial charge < -0.3 is 47.1 Å². The first kappa shape index (κ1) is 29.0. The fourth-order valence-electron chi connectivity index (χ4n) is 2.83. The molecule has 3 amide bonds. The highest BCUT2D eigenvalue weighted by molar-refractivity contribution is 5.95. The molecule has 0 aliphatic carbocycles. The molecule has 1 heterocycles. The molecule has 16 nitrogen and oxygen atoms in total. The lowest BCUT2D eigenvalue weighted by Crippen LogP contribution is -2.60. The standard InChI is InChI=1S/C19H28N6O10/c1-8(26)15(25-16(31)10(20)5-14(29)30)18(33)24-12(4-9-6-21-7-22-9)17(32)23-11(19(34)35)2-3-13(27)28/h6-8,10-12,15,26H,2-5,20H2,1H3,(H,21,22)(H,23,32)(H,24,33)(H,25,31)(H,27,28)(H,29,30)(H,34,35). The third-order valence-electron chi connectivity index (χ3n) is 4.67. The maximum atomic E-state index is 12.8. The minimum Gasteiger partial charge on any atom is -0.481 e. The Labute approximate surface area is 198 Å². The minimum atomic E-state index is -1.64. The van der Waals surface area contributed by atoms with Gasteiger partial charge in [-0.25, -0.2) is 9.78 Å². The Hall–Kier alpha value is -4.05. The predicted molar refractivity (Wildman–Crippen MR) is 114 cm³/mol. The lowest BCUT2D eigenvalue weighted by atomic mass is 10.1. The van der Waals surface area contributed by atoms with E-state index in [1.807, 2.05) is 0 Å². The average molecular weight is 500 g/mol. The number of hydrogen-bond acceptors (Lipinski definition) is 9. The number of nitrogens with one attached hydrogen (secondary N) is 4. The second-order valence-corrected chi connectivity index (χ2v) is 7.61. The van der Waals surface area contributed by atoms with Gasteiger partial charge in [0.05, 0.1) is 24.9 Å². The van der Waals surface area contributed by atoms with Crippen LogP contribution < -0.4 is 21.7 Å². The molecule has 10 N–H and O–H groups in total. The number of hydrogen-bond donors (Lipinski definition) is 9. The van der Waals surface area contributed by atoms with Crippen LogP contribution in [-0.4, -0.2) is 96.3 Å². The molecule has 0 aromatic carbocycles. The second-order valence-electron chi connectivity index (χ2n) is 7.61. The lowest BCUT2D eigenvalue weighted by Gasteiger charge is -2.26. The van der Waals surface area contributed by atoms with Gasteiger partial charge >= 0.3 is 17.9 Å². The summed E-state index contributed by atoms with van der Waals surface area (Å²) in [5.41, 5.74) is 5.83. The van der Waals surface area contributed by atoms with Gasteiger partial charge in [-0.2, -0.15) is 0 Å². The summed E-state index contributed by atoms with van der Waals surface area (Å²) in [6, 6.07) is -6.15. The minimum absolute atomic E-state index is 0.207. The van der Waals surface area contributed by atoms with Gasteiger partial charge in [-0.15, -0.1) is 0 Å². The van der Waals surface area contributed by atoms with Crippen LogP contribution in [0.2, 0.25) is 0 Å². The molecule has 16 heteroatoms. The number of H-pyrrole nitrogens is 1. The summed E-state index contributed by atoms with van der Waals surface area (Å²) in [4.78, 5) is 77.1. The number of carboxylic acids is 3. The van der Waals surface area contributed by atoms with Crippen LogP contribution in [0.4, 0.5) is 0 Å². The number of aliphatic hydroxyl groups is 1. The third-order valence-corrected chi connectivity index (χ3v) is 4.67. The molecule has 0 fully saturated rings. The second kappa shape index (κ2) is 13.6. The van der Waals surface area contributed by atoms with E-state index in [1.54, 1.807) is 0 Å². The summed E-state index contributed by atoms with van der Waals surface area (Å²) in [6.45, 7) is 1.16. The number of nitrogens with zero attached hydrogens (tertiary/aromatic N) is 1. The van der Waals surface area contributed by atoms with E-state index in [9.17, 15) is 39.0 Å². The smallest absolute Gasteiger partial charge is 0.326 e. The van der Waals surface area contributed by atoms with Crippen LogP contribution in [0.3, 0.4) is 0 Å². The average Bonchev–Trinajstić information content (AvgIpc) is 3.25. The van der Waals surface area contributed by atoms with Gasteiger partial charge in [-0.05, 0) is 13.3 Å². The Morgan fingerprint density at radius 3 is 2.09 bits per heavy atom. The summed E-state index contributed by atoms with van der Waals surface area (Å²) < 4.78 is 0. The van der Waals surface area contributed by atoms with Gasteiger partial charge in [-0.3, -0.25) is 24.0 Å². The highest BCUT2D eigenvalue weighted by Gasteiger charge is 2.33. The van der Waals surface area contributed by atoms with Crippen molar-refractivity contribution in [3.63, 3.8) is 0 Å². The fraction of sp³-hybridized carbons (Fsp3) is 0.526. The summed E-state index contributed by atoms with van der Waals surface area (Å²) in [7, 11) is 0. The van der Waals surface area contributed by atoms with Gasteiger partial charge in [-0.1, -0.05) is 0 Å². The number of carbonyl (C=O) groups excluding carboxylic acids is 3. The molecule has 0 saturated carbocycles. The normalized spacial score (nSPS) is 15.1. The van der Waals surface area contributed by atoms with Crippen molar-refractivity contribution in [1.29, 1.82) is 0 Å². The SMILES string of the molecule is CC(O)C(NC(=O)C(N)CC(=O)O)C(=O)NC(Cc1cnc[nH]1)C(=O)NC(CCC(=O)O)C(=O)O. The number of carboxylic acid groups (broad SMARTS) is 3. The zero-order valence-corrected chi connectivity index (χ0v) is 18.6. The van der Waals surface area contributed by atoms with E-state index in [-0.39, 0.29) is 6.42 Å². The maximum absolute atomic E-state index is 12.8. The van der Waals surface area contributed by atoms with E-state index in [0.29, 0.717) is 5.69 Å². The van der Waals surface area contributed by atoms with Crippen molar-refractivity contribution in [1.82, 2.24) is 25.9 Å². The molecule has 5 atom stereocenters. The zero-order chi connectivity index (χ0) is 26.7. The number of nitrogens with two attached hydrogens (primary N) is 1. The largest absolute Gasteiger partial charge is 0.481 e. The van der Waals surface area contributed by atoms with Crippen molar-refractivity contribution >= 4 is 35.6 Å². The van der Waals surface area contributed by atoms with Crippen LogP contribution in [0.15, 0.2) is 12.5 Å². The summed E-state index contributed by atoms with van der Waals surface area (Å²) in [5.74, 6) is -7.20. The molecule has 0 aliphatic heterocycles. The lowest BCUT2D eigenvalue weighted by molar-refractivity contribution is -0.143. The third kappa shape index (κ3) is 10.2. The number of carbonyl (C=O) groups is 6. The van der Waals surface area contributed by atoms with Gasteiger partial charge in [0.2, 0.25) is 17.7 Å². The van der Waals surface area contributed by atoms with E-state index in [0.717, 1.165) is 6.92 Å². The highest BCUT2D eigenvalue weighted by Crippen LogP contribution is 2.05. The van der Waals surface area contributed by atoms with Crippen molar-refractivity contribution in [2.45, 2.75) is 62.9 Å². The van der Waals surface area contributed by atoms with E-state index < -0.39 is 85.2 Å². The van der Waals surface area contributed by atoms with Gasteiger partial charge in [0.15, 0.2) is 0 Å². The molecule has 0 aliphatic rings. The van der Waals surface area contributed by atoms with Crippen molar-refractivity contribution in [2.75, 3.05) is 0 Å². The van der Waals surface area contributed by atoms with Crippen LogP contribution in [0.1, 0.15) is 31.9 Å². The molecule has 0 saturated heterocycles. The fourth-order valence-corrected chi connectivity index (χ4v) is 2.83. The number of aliphatic hydroxyl groups excluding tert-OH is 1. The maximum Gasteiger partial charge on any atom is 0.326 e. The number of rotatable bonds is 15. The zero-order valence-electron chi connectivity index (χ0n) is 18.6. The number of aliphatic carboxylic acids is 3. The van der Waals surface area contributed by atoms with Crippen molar-refractivity contribution in [2.24, 2.45) is 5.73 Å². The Kier molecular flexibility index (Phi) is 11.3. The first-order valence-electron chi connectivity index (χ1n) is 10.3. The molecular weight excluding hydrogens is 472 g/mol. The predicted octanol–water partition coefficient (Wildman–Crippen LogP) is -3.46. The van der Waals surface area contributed by atoms with E-state index in [1.165, 1.54) is 12.5 Å². The van der Waals surface area contributed by atoms with Crippen LogP contribution in [0, 0.1) is 0 Å². The molecule has 0 spiro atoms. The quantitative estimate of drug-likeness (QED) is 0.114. The summed E-state index contributed by atoms with van der Waals surface area (Å²) >= 11 is 0. The Morgan fingerprint density at radius 1 is 0.971 bits per heavy atom. The molecule has 35 heavy (non-hydrogen) atoms. The Morgan fingerprint density at radius 2 is 1.60 bits per heavy atom. The van der Waals surface area contributed by atoms with Crippen molar-refractivity contribution in [3.05, 3.63) is 18.2 Å². The molecule has 0 radical (unpaired) electrons. The molecule has 1 aromatic rings. The van der Waals surface area contributed by atoms with E-state index >= 15 is 0 Å². The van der Waals surface area contributed by atoms with Gasteiger partial charge in [0, 0.05) is 24.7 Å². The molecule has 0 bridgehead atoms. The van der Waals surface area contributed by atoms with Crippen LogP contribution in [-0.2, 0) is 35.2 Å².